The van der Waals surface area contributed by atoms with E-state index in [1.54, 1.807) is 6.20 Å². The third-order valence-corrected chi connectivity index (χ3v) is 3.77. The van der Waals surface area contributed by atoms with E-state index >= 15 is 0 Å². The number of nitrogens with one attached hydrogen (secondary N) is 1. The fraction of sp³-hybridized carbons (Fsp3) is 0.500. The van der Waals surface area contributed by atoms with Crippen LogP contribution in [-0.4, -0.2) is 40.2 Å². The maximum Gasteiger partial charge on any atom is 0.154 e. The third-order valence-electron chi connectivity index (χ3n) is 3.48. The highest BCUT2D eigenvalue weighted by Crippen LogP contribution is 2.31. The summed E-state index contributed by atoms with van der Waals surface area (Å²) in [7, 11) is 2.16. The molecule has 5 heteroatoms. The van der Waals surface area contributed by atoms with E-state index in [2.05, 4.69) is 27.1 Å². The van der Waals surface area contributed by atoms with E-state index < -0.39 is 0 Å². The van der Waals surface area contributed by atoms with E-state index in [1.807, 2.05) is 6.07 Å². The number of fused-ring (bicyclic) bond motifs is 1. The van der Waals surface area contributed by atoms with Crippen LogP contribution in [0.2, 0.25) is 5.15 Å². The molecule has 1 aliphatic rings. The first kappa shape index (κ1) is 11.0. The molecule has 0 aliphatic carbocycles. The predicted octanol–water partition coefficient (Wildman–Crippen LogP) is 2.42. The van der Waals surface area contributed by atoms with E-state index in [0.717, 1.165) is 23.1 Å². The first-order valence-corrected chi connectivity index (χ1v) is 6.30. The second-order valence-corrected chi connectivity index (χ2v) is 5.09. The molecule has 1 atom stereocenters. The molecule has 0 bridgehead atoms. The summed E-state index contributed by atoms with van der Waals surface area (Å²) in [5.74, 6) is 0.501. The molecule has 1 aliphatic heterocycles. The summed E-state index contributed by atoms with van der Waals surface area (Å²) in [5, 5.41) is 9.06. The molecule has 3 rings (SSSR count). The van der Waals surface area contributed by atoms with Crippen LogP contribution in [-0.2, 0) is 0 Å². The van der Waals surface area contributed by atoms with E-state index in [0.29, 0.717) is 11.1 Å². The van der Waals surface area contributed by atoms with Gasteiger partial charge < -0.3 is 4.90 Å². The molecule has 0 saturated carbocycles. The van der Waals surface area contributed by atoms with Crippen LogP contribution in [0.3, 0.4) is 0 Å². The second kappa shape index (κ2) is 4.27. The van der Waals surface area contributed by atoms with E-state index in [4.69, 9.17) is 11.6 Å². The maximum absolute atomic E-state index is 6.05. The number of aromatic amines is 1. The average molecular weight is 251 g/mol. The molecule has 2 aromatic rings. The standard InChI is InChI=1S/C12H15ClN4/c1-17-6-2-3-8(7-17)10-9-4-5-14-12(13)11(9)16-15-10/h4-5,8H,2-3,6-7H2,1H3,(H,15,16). The van der Waals surface area contributed by atoms with Crippen LogP contribution in [0.4, 0.5) is 0 Å². The largest absolute Gasteiger partial charge is 0.306 e. The van der Waals surface area contributed by atoms with Crippen LogP contribution in [0.25, 0.3) is 10.9 Å². The van der Waals surface area contributed by atoms with Gasteiger partial charge in [-0.25, -0.2) is 4.98 Å². The molecule has 4 nitrogen and oxygen atoms in total. The fourth-order valence-corrected chi connectivity index (χ4v) is 2.83. The summed E-state index contributed by atoms with van der Waals surface area (Å²) in [6.07, 6.45) is 4.18. The summed E-state index contributed by atoms with van der Waals surface area (Å²) < 4.78 is 0. The zero-order chi connectivity index (χ0) is 11.8. The Labute approximate surface area is 105 Å². The Morgan fingerprint density at radius 3 is 3.24 bits per heavy atom. The van der Waals surface area contributed by atoms with Crippen LogP contribution in [0.5, 0.6) is 0 Å². The number of piperidine rings is 1. The predicted molar refractivity (Wildman–Crippen MR) is 68.4 cm³/mol. The Morgan fingerprint density at radius 2 is 2.41 bits per heavy atom. The molecule has 90 valence electrons. The van der Waals surface area contributed by atoms with Gasteiger partial charge in [0, 0.05) is 24.0 Å². The second-order valence-electron chi connectivity index (χ2n) is 4.73. The van der Waals surface area contributed by atoms with Crippen LogP contribution in [0.1, 0.15) is 24.5 Å². The summed E-state index contributed by atoms with van der Waals surface area (Å²) in [6, 6.07) is 1.99. The number of H-pyrrole nitrogens is 1. The van der Waals surface area contributed by atoms with Gasteiger partial charge in [0.05, 0.1) is 5.69 Å². The Hall–Kier alpha value is -1.13. The minimum absolute atomic E-state index is 0.501. The molecule has 2 aromatic heterocycles. The van der Waals surface area contributed by atoms with Gasteiger partial charge in [-0.15, -0.1) is 0 Å². The number of hydrogen-bond donors (Lipinski definition) is 1. The van der Waals surface area contributed by atoms with Crippen molar-refractivity contribution in [1.82, 2.24) is 20.1 Å². The molecular weight excluding hydrogens is 236 g/mol. The topological polar surface area (TPSA) is 44.8 Å². The van der Waals surface area contributed by atoms with Gasteiger partial charge in [0.25, 0.3) is 0 Å². The molecular formula is C12H15ClN4. The lowest BCUT2D eigenvalue weighted by molar-refractivity contribution is 0.249. The maximum atomic E-state index is 6.05. The van der Waals surface area contributed by atoms with Crippen LogP contribution in [0.15, 0.2) is 12.3 Å². The minimum atomic E-state index is 0.501. The van der Waals surface area contributed by atoms with Crippen molar-refractivity contribution in [2.24, 2.45) is 0 Å². The zero-order valence-corrected chi connectivity index (χ0v) is 10.5. The van der Waals surface area contributed by atoms with Gasteiger partial charge in [0.15, 0.2) is 5.15 Å². The van der Waals surface area contributed by atoms with Crippen LogP contribution in [0, 0.1) is 0 Å². The molecule has 1 saturated heterocycles. The summed E-state index contributed by atoms with van der Waals surface area (Å²) >= 11 is 6.05. The van der Waals surface area contributed by atoms with Gasteiger partial charge in [0.2, 0.25) is 0 Å². The Balaban J connectivity index is 2.02. The van der Waals surface area contributed by atoms with Gasteiger partial charge in [-0.1, -0.05) is 11.6 Å². The quantitative estimate of drug-likeness (QED) is 0.791. The monoisotopic (exact) mass is 250 g/mol. The van der Waals surface area contributed by atoms with Gasteiger partial charge in [-0.2, -0.15) is 5.10 Å². The fourth-order valence-electron chi connectivity index (χ4n) is 2.63. The number of hydrogen-bond acceptors (Lipinski definition) is 3. The number of rotatable bonds is 1. The average Bonchev–Trinajstić information content (AvgIpc) is 2.74. The SMILES string of the molecule is CN1CCCC(c2n[nH]c3c(Cl)nccc23)C1. The van der Waals surface area contributed by atoms with Crippen LogP contribution < -0.4 is 0 Å². The van der Waals surface area contributed by atoms with Crippen molar-refractivity contribution in [1.29, 1.82) is 0 Å². The number of likely N-dealkylation sites (N-methyl/N-ethyl adjacent to an activating group) is 1. The minimum Gasteiger partial charge on any atom is -0.306 e. The highest BCUT2D eigenvalue weighted by molar-refractivity contribution is 6.33. The highest BCUT2D eigenvalue weighted by atomic mass is 35.5. The molecule has 0 spiro atoms. The molecule has 0 aromatic carbocycles. The number of nitrogens with zero attached hydrogens (tertiary/aromatic N) is 3. The normalized spacial score (nSPS) is 22.1. The number of halogens is 1. The van der Waals surface area contributed by atoms with Crippen molar-refractivity contribution in [2.75, 3.05) is 20.1 Å². The summed E-state index contributed by atoms with van der Waals surface area (Å²) in [6.45, 7) is 2.25. The molecule has 1 fully saturated rings. The number of likely N-dealkylation sites (tertiary alicyclic amines) is 1. The third kappa shape index (κ3) is 1.91. The smallest absolute Gasteiger partial charge is 0.154 e. The van der Waals surface area contributed by atoms with Crippen molar-refractivity contribution in [2.45, 2.75) is 18.8 Å². The Kier molecular flexibility index (Phi) is 2.76. The van der Waals surface area contributed by atoms with Crippen molar-refractivity contribution < 1.29 is 0 Å². The van der Waals surface area contributed by atoms with Gasteiger partial charge in [-0.3, -0.25) is 5.10 Å². The zero-order valence-electron chi connectivity index (χ0n) is 9.78. The Morgan fingerprint density at radius 1 is 1.53 bits per heavy atom. The highest BCUT2D eigenvalue weighted by Gasteiger charge is 2.23. The molecule has 0 radical (unpaired) electrons. The van der Waals surface area contributed by atoms with Crippen molar-refractivity contribution in [3.8, 4) is 0 Å². The van der Waals surface area contributed by atoms with Crippen LogP contribution >= 0.6 is 11.6 Å². The first-order chi connectivity index (χ1) is 8.25. The molecule has 0 amide bonds. The van der Waals surface area contributed by atoms with Gasteiger partial charge >= 0.3 is 0 Å². The number of pyridine rings is 1. The summed E-state index contributed by atoms with van der Waals surface area (Å²) in [4.78, 5) is 6.42. The lowest BCUT2D eigenvalue weighted by Crippen LogP contribution is -2.31. The molecule has 1 unspecified atom stereocenters. The van der Waals surface area contributed by atoms with Crippen molar-refractivity contribution in [3.63, 3.8) is 0 Å². The molecule has 17 heavy (non-hydrogen) atoms. The first-order valence-electron chi connectivity index (χ1n) is 5.92. The van der Waals surface area contributed by atoms with E-state index in [-0.39, 0.29) is 0 Å². The molecule has 1 N–H and O–H groups in total. The van der Waals surface area contributed by atoms with Crippen molar-refractivity contribution in [3.05, 3.63) is 23.1 Å². The lowest BCUT2D eigenvalue weighted by atomic mass is 9.93. The van der Waals surface area contributed by atoms with E-state index in [1.165, 1.54) is 19.4 Å². The van der Waals surface area contributed by atoms with E-state index in [9.17, 15) is 0 Å². The lowest BCUT2D eigenvalue weighted by Gasteiger charge is -2.28. The van der Waals surface area contributed by atoms with Gasteiger partial charge in [0.1, 0.15) is 5.52 Å². The van der Waals surface area contributed by atoms with Crippen molar-refractivity contribution >= 4 is 22.5 Å². The summed E-state index contributed by atoms with van der Waals surface area (Å²) in [5.41, 5.74) is 1.99. The Bertz CT molecular complexity index is 536. The van der Waals surface area contributed by atoms with Gasteiger partial charge in [-0.05, 0) is 32.5 Å². The number of aromatic nitrogens is 3. The molecule has 3 heterocycles.